The van der Waals surface area contributed by atoms with Crippen LogP contribution in [0.25, 0.3) is 0 Å². The molecule has 1 saturated heterocycles. The Morgan fingerprint density at radius 2 is 2.04 bits per heavy atom. The quantitative estimate of drug-likeness (QED) is 0.580. The van der Waals surface area contributed by atoms with Crippen molar-refractivity contribution in [1.29, 1.82) is 0 Å². The second-order valence-electron chi connectivity index (χ2n) is 7.14. The predicted octanol–water partition coefficient (Wildman–Crippen LogP) is 1.34. The number of morpholine rings is 1. The third kappa shape index (κ3) is 4.32. The van der Waals surface area contributed by atoms with E-state index in [0.29, 0.717) is 6.42 Å². The van der Waals surface area contributed by atoms with Gasteiger partial charge in [-0.15, -0.1) is 0 Å². The molecule has 1 fully saturated rings. The van der Waals surface area contributed by atoms with Crippen molar-refractivity contribution in [2.24, 2.45) is 0 Å². The number of ether oxygens (including phenoxy) is 2. The van der Waals surface area contributed by atoms with Gasteiger partial charge >= 0.3 is 10.3 Å². The predicted molar refractivity (Wildman–Crippen MR) is 94.1 cm³/mol. The van der Waals surface area contributed by atoms with Crippen LogP contribution in [0.4, 0.5) is 0 Å². The lowest BCUT2D eigenvalue weighted by atomic mass is 9.82. The normalized spacial score (nSPS) is 23.2. The molecule has 2 heterocycles. The molecule has 0 bridgehead atoms. The first-order valence-electron chi connectivity index (χ1n) is 8.61. The Kier molecular flexibility index (Phi) is 5.36. The third-order valence-electron chi connectivity index (χ3n) is 4.90. The number of benzene rings is 1. The maximum atomic E-state index is 10.7. The van der Waals surface area contributed by atoms with Gasteiger partial charge in [-0.25, -0.2) is 0 Å². The summed E-state index contributed by atoms with van der Waals surface area (Å²) in [5, 5.41) is 0. The van der Waals surface area contributed by atoms with Crippen molar-refractivity contribution in [2.45, 2.75) is 38.3 Å². The van der Waals surface area contributed by atoms with Crippen LogP contribution in [0.1, 0.15) is 31.4 Å². The molecule has 0 radical (unpaired) electrons. The van der Waals surface area contributed by atoms with Crippen molar-refractivity contribution >= 4 is 10.3 Å². The van der Waals surface area contributed by atoms with E-state index in [2.05, 4.69) is 29.5 Å². The lowest BCUT2D eigenvalue weighted by molar-refractivity contribution is -0.0612. The van der Waals surface area contributed by atoms with Gasteiger partial charge in [-0.05, 0) is 24.5 Å². The summed E-state index contributed by atoms with van der Waals surface area (Å²) in [6, 6.07) is 6.18. The van der Waals surface area contributed by atoms with Crippen LogP contribution in [0.5, 0.6) is 5.75 Å². The van der Waals surface area contributed by atoms with Gasteiger partial charge in [0.1, 0.15) is 5.75 Å². The van der Waals surface area contributed by atoms with E-state index in [1.807, 2.05) is 12.1 Å². The van der Waals surface area contributed by atoms with E-state index in [-0.39, 0.29) is 18.2 Å². The highest BCUT2D eigenvalue weighted by Gasteiger charge is 2.45. The number of nitrogens with one attached hydrogen (secondary N) is 1. The molecule has 0 aliphatic carbocycles. The van der Waals surface area contributed by atoms with E-state index < -0.39 is 10.3 Å². The molecule has 25 heavy (non-hydrogen) atoms. The Morgan fingerprint density at radius 1 is 1.32 bits per heavy atom. The summed E-state index contributed by atoms with van der Waals surface area (Å²) in [5.74, 6) is 0.918. The minimum Gasteiger partial charge on any atom is -0.474 e. The molecule has 1 aromatic carbocycles. The highest BCUT2D eigenvalue weighted by molar-refractivity contribution is 7.83. The minimum absolute atomic E-state index is 0.00264. The monoisotopic (exact) mass is 370 g/mol. The second kappa shape index (κ2) is 7.20. The molecular weight excluding hydrogens is 344 g/mol. The zero-order valence-corrected chi connectivity index (χ0v) is 15.5. The number of fused-ring (bicyclic) bond motifs is 1. The summed E-state index contributed by atoms with van der Waals surface area (Å²) in [6.45, 7) is 7.82. The molecule has 2 aliphatic heterocycles. The van der Waals surface area contributed by atoms with Crippen LogP contribution in [0.3, 0.4) is 0 Å². The number of aryl methyl sites for hydroxylation is 1. The van der Waals surface area contributed by atoms with Gasteiger partial charge < -0.3 is 9.47 Å². The summed E-state index contributed by atoms with van der Waals surface area (Å²) in [4.78, 5) is 2.33. The van der Waals surface area contributed by atoms with Gasteiger partial charge in [-0.3, -0.25) is 9.45 Å². The zero-order chi connectivity index (χ0) is 18.1. The van der Waals surface area contributed by atoms with Crippen LogP contribution in [-0.2, 0) is 26.9 Å². The summed E-state index contributed by atoms with van der Waals surface area (Å²) in [6.07, 6.45) is 1.35. The van der Waals surface area contributed by atoms with E-state index in [9.17, 15) is 8.42 Å². The van der Waals surface area contributed by atoms with Crippen molar-refractivity contribution in [1.82, 2.24) is 9.62 Å². The lowest BCUT2D eigenvalue weighted by Crippen LogP contribution is -2.52. The molecule has 140 valence electrons. The van der Waals surface area contributed by atoms with E-state index in [4.69, 9.17) is 14.0 Å². The van der Waals surface area contributed by atoms with Crippen LogP contribution in [0.2, 0.25) is 0 Å². The Morgan fingerprint density at radius 3 is 2.72 bits per heavy atom. The Balaban J connectivity index is 1.67. The van der Waals surface area contributed by atoms with Gasteiger partial charge in [0.05, 0.1) is 13.2 Å². The summed E-state index contributed by atoms with van der Waals surface area (Å²) in [7, 11) is -4.11. The average Bonchev–Trinajstić information content (AvgIpc) is 2.83. The number of nitrogens with zero attached hydrogens (tertiary/aromatic N) is 1. The van der Waals surface area contributed by atoms with Crippen molar-refractivity contribution in [3.8, 4) is 5.75 Å². The Labute approximate surface area is 149 Å². The SMILES string of the molecule is CC1(C)c2cc(CCCNS(=O)(=O)O)ccc2OC1N1CCOCC1. The highest BCUT2D eigenvalue weighted by atomic mass is 32.2. The molecule has 0 saturated carbocycles. The summed E-state index contributed by atoms with van der Waals surface area (Å²) >= 11 is 0. The van der Waals surface area contributed by atoms with Gasteiger partial charge in [0, 0.05) is 30.6 Å². The van der Waals surface area contributed by atoms with Crippen molar-refractivity contribution in [3.63, 3.8) is 0 Å². The maximum absolute atomic E-state index is 10.7. The third-order valence-corrected chi connectivity index (χ3v) is 5.47. The first kappa shape index (κ1) is 18.6. The number of rotatable bonds is 6. The fraction of sp³-hybridized carbons (Fsp3) is 0.647. The van der Waals surface area contributed by atoms with Gasteiger partial charge in [0.25, 0.3) is 0 Å². The molecule has 0 aromatic heterocycles. The molecule has 8 heteroatoms. The number of hydrogen-bond donors (Lipinski definition) is 2. The van der Waals surface area contributed by atoms with Gasteiger partial charge in [0.15, 0.2) is 6.23 Å². The standard InChI is InChI=1S/C17H26N2O5S/c1-17(2)14-12-13(4-3-7-18-25(20,21)22)5-6-15(14)24-16(17)19-8-10-23-11-9-19/h5-6,12,16,18H,3-4,7-11H2,1-2H3,(H,20,21,22). The fourth-order valence-electron chi connectivity index (χ4n) is 3.58. The number of hydrogen-bond acceptors (Lipinski definition) is 5. The highest BCUT2D eigenvalue weighted by Crippen LogP contribution is 2.44. The minimum atomic E-state index is -4.11. The van der Waals surface area contributed by atoms with Gasteiger partial charge in [-0.1, -0.05) is 26.0 Å². The molecule has 0 spiro atoms. The first-order chi connectivity index (χ1) is 11.8. The summed E-state index contributed by atoms with van der Waals surface area (Å²) in [5.41, 5.74) is 2.19. The first-order valence-corrected chi connectivity index (χ1v) is 10.1. The van der Waals surface area contributed by atoms with E-state index >= 15 is 0 Å². The molecule has 0 amide bonds. The van der Waals surface area contributed by atoms with Crippen LogP contribution < -0.4 is 9.46 Å². The van der Waals surface area contributed by atoms with Crippen LogP contribution in [0.15, 0.2) is 18.2 Å². The second-order valence-corrected chi connectivity index (χ2v) is 8.38. The molecule has 7 nitrogen and oxygen atoms in total. The smallest absolute Gasteiger partial charge is 0.333 e. The fourth-order valence-corrected chi connectivity index (χ4v) is 3.98. The molecule has 1 aromatic rings. The van der Waals surface area contributed by atoms with E-state index in [1.165, 1.54) is 5.56 Å². The zero-order valence-electron chi connectivity index (χ0n) is 14.7. The van der Waals surface area contributed by atoms with Crippen molar-refractivity contribution in [2.75, 3.05) is 32.8 Å². The molecule has 1 atom stereocenters. The topological polar surface area (TPSA) is 88.1 Å². The maximum Gasteiger partial charge on any atom is 0.333 e. The molecular formula is C17H26N2O5S. The van der Waals surface area contributed by atoms with Crippen molar-refractivity contribution in [3.05, 3.63) is 29.3 Å². The van der Waals surface area contributed by atoms with Crippen LogP contribution in [0, 0.1) is 0 Å². The van der Waals surface area contributed by atoms with Gasteiger partial charge in [0.2, 0.25) is 0 Å². The van der Waals surface area contributed by atoms with Gasteiger partial charge in [-0.2, -0.15) is 13.1 Å². The van der Waals surface area contributed by atoms with Crippen molar-refractivity contribution < 1.29 is 22.4 Å². The summed E-state index contributed by atoms with van der Waals surface area (Å²) < 4.78 is 43.8. The average molecular weight is 370 g/mol. The molecule has 3 rings (SSSR count). The van der Waals surface area contributed by atoms with E-state index in [0.717, 1.165) is 44.0 Å². The largest absolute Gasteiger partial charge is 0.474 e. The molecule has 2 aliphatic rings. The lowest BCUT2D eigenvalue weighted by Gasteiger charge is -2.38. The van der Waals surface area contributed by atoms with E-state index in [1.54, 1.807) is 0 Å². The molecule has 2 N–H and O–H groups in total. The van der Waals surface area contributed by atoms with Crippen LogP contribution in [-0.4, -0.2) is 56.9 Å². The van der Waals surface area contributed by atoms with Crippen LogP contribution >= 0.6 is 0 Å². The molecule has 1 unspecified atom stereocenters. The Bertz CT molecular complexity index is 714. The Hall–Kier alpha value is -1.19.